The number of hydroxylamine groups is 1. The second kappa shape index (κ2) is 3.87. The zero-order valence-electron chi connectivity index (χ0n) is 9.15. The lowest BCUT2D eigenvalue weighted by Gasteiger charge is -2.27. The Balaban J connectivity index is 1.86. The normalized spacial score (nSPS) is 22.9. The number of pyridine rings is 1. The Morgan fingerprint density at radius 2 is 1.88 bits per heavy atom. The summed E-state index contributed by atoms with van der Waals surface area (Å²) in [6, 6.07) is 3.88. The molecule has 1 saturated carbocycles. The minimum atomic E-state index is -0.295. The predicted molar refractivity (Wildman–Crippen MR) is 60.8 cm³/mol. The highest BCUT2D eigenvalue weighted by atomic mass is 16.7. The first-order chi connectivity index (χ1) is 7.88. The zero-order valence-corrected chi connectivity index (χ0v) is 9.15. The molecule has 1 spiro atoms. The average Bonchev–Trinajstić information content (AvgIpc) is 2.75. The van der Waals surface area contributed by atoms with E-state index in [2.05, 4.69) is 10.5 Å². The van der Waals surface area contributed by atoms with Gasteiger partial charge in [-0.3, -0.25) is 4.98 Å². The van der Waals surface area contributed by atoms with Crippen molar-refractivity contribution >= 4 is 5.84 Å². The van der Waals surface area contributed by atoms with Gasteiger partial charge >= 0.3 is 0 Å². The standard InChI is InChI=1S/C12H15N3O/c1-2-6-12(7-3-1)14-11(15-16-12)10-4-8-13-9-5-10/h4-5,8-9H,1-3,6-7H2,(H,14,15). The first-order valence-electron chi connectivity index (χ1n) is 5.82. The summed E-state index contributed by atoms with van der Waals surface area (Å²) in [6.45, 7) is 0. The number of aliphatic imine (C=N–C) groups is 1. The topological polar surface area (TPSA) is 46.5 Å². The van der Waals surface area contributed by atoms with Gasteiger partial charge in [0.25, 0.3) is 0 Å². The van der Waals surface area contributed by atoms with E-state index in [1.165, 1.54) is 19.3 Å². The molecular weight excluding hydrogens is 202 g/mol. The maximum absolute atomic E-state index is 5.67. The number of nitrogens with zero attached hydrogens (tertiary/aromatic N) is 2. The third-order valence-electron chi connectivity index (χ3n) is 3.24. The van der Waals surface area contributed by atoms with Crippen molar-refractivity contribution in [2.45, 2.75) is 37.8 Å². The zero-order chi connectivity index (χ0) is 10.8. The number of rotatable bonds is 1. The highest BCUT2D eigenvalue weighted by Gasteiger charge is 2.38. The Morgan fingerprint density at radius 3 is 2.62 bits per heavy atom. The van der Waals surface area contributed by atoms with E-state index in [-0.39, 0.29) is 5.72 Å². The molecule has 0 aromatic carbocycles. The number of amidine groups is 1. The molecule has 0 radical (unpaired) electrons. The number of hydrogen-bond acceptors (Lipinski definition) is 4. The summed E-state index contributed by atoms with van der Waals surface area (Å²) in [4.78, 5) is 14.4. The highest BCUT2D eigenvalue weighted by Crippen LogP contribution is 2.34. The van der Waals surface area contributed by atoms with Crippen LogP contribution in [0.3, 0.4) is 0 Å². The van der Waals surface area contributed by atoms with Crippen LogP contribution in [0, 0.1) is 0 Å². The van der Waals surface area contributed by atoms with Gasteiger partial charge in [-0.05, 0) is 37.8 Å². The van der Waals surface area contributed by atoms with Gasteiger partial charge < -0.3 is 0 Å². The van der Waals surface area contributed by atoms with E-state index in [4.69, 9.17) is 9.83 Å². The van der Waals surface area contributed by atoms with E-state index in [0.29, 0.717) is 0 Å². The average molecular weight is 217 g/mol. The Labute approximate surface area is 94.7 Å². The van der Waals surface area contributed by atoms with Crippen molar-refractivity contribution in [3.63, 3.8) is 0 Å². The first-order valence-corrected chi connectivity index (χ1v) is 5.82. The molecule has 0 bridgehead atoms. The van der Waals surface area contributed by atoms with Crippen molar-refractivity contribution in [2.24, 2.45) is 4.99 Å². The van der Waals surface area contributed by atoms with Crippen LogP contribution in [-0.4, -0.2) is 16.5 Å². The molecule has 1 aliphatic heterocycles. The fourth-order valence-corrected chi connectivity index (χ4v) is 2.34. The lowest BCUT2D eigenvalue weighted by molar-refractivity contribution is -0.0763. The highest BCUT2D eigenvalue weighted by molar-refractivity contribution is 5.98. The van der Waals surface area contributed by atoms with Crippen LogP contribution < -0.4 is 5.48 Å². The molecule has 1 N–H and O–H groups in total. The van der Waals surface area contributed by atoms with E-state index < -0.39 is 0 Å². The Kier molecular flexibility index (Phi) is 2.36. The summed E-state index contributed by atoms with van der Waals surface area (Å²) in [7, 11) is 0. The maximum Gasteiger partial charge on any atom is 0.187 e. The number of aromatic nitrogens is 1. The van der Waals surface area contributed by atoms with Crippen LogP contribution >= 0.6 is 0 Å². The summed E-state index contributed by atoms with van der Waals surface area (Å²) in [5.74, 6) is 0.837. The molecule has 1 aromatic rings. The first kappa shape index (κ1) is 9.78. The van der Waals surface area contributed by atoms with Crippen LogP contribution in [0.4, 0.5) is 0 Å². The van der Waals surface area contributed by atoms with Crippen LogP contribution in [0.5, 0.6) is 0 Å². The van der Waals surface area contributed by atoms with Crippen molar-refractivity contribution in [1.82, 2.24) is 10.5 Å². The summed E-state index contributed by atoms with van der Waals surface area (Å²) in [5, 5.41) is 0. The smallest absolute Gasteiger partial charge is 0.187 e. The Bertz CT molecular complexity index is 396. The third kappa shape index (κ3) is 1.69. The molecule has 3 rings (SSSR count). The third-order valence-corrected chi connectivity index (χ3v) is 3.24. The minimum absolute atomic E-state index is 0.295. The molecule has 1 fully saturated rings. The molecular formula is C12H15N3O. The molecule has 16 heavy (non-hydrogen) atoms. The maximum atomic E-state index is 5.67. The van der Waals surface area contributed by atoms with Crippen molar-refractivity contribution in [3.05, 3.63) is 30.1 Å². The molecule has 1 aliphatic carbocycles. The van der Waals surface area contributed by atoms with Gasteiger partial charge in [-0.25, -0.2) is 15.3 Å². The molecule has 0 amide bonds. The summed E-state index contributed by atoms with van der Waals surface area (Å²) < 4.78 is 0. The summed E-state index contributed by atoms with van der Waals surface area (Å²) >= 11 is 0. The predicted octanol–water partition coefficient (Wildman–Crippen LogP) is 2.02. The molecule has 0 saturated heterocycles. The van der Waals surface area contributed by atoms with Crippen molar-refractivity contribution < 1.29 is 4.84 Å². The van der Waals surface area contributed by atoms with Crippen molar-refractivity contribution in [2.75, 3.05) is 0 Å². The van der Waals surface area contributed by atoms with Crippen LogP contribution in [0.2, 0.25) is 0 Å². The quantitative estimate of drug-likeness (QED) is 0.782. The SMILES string of the molecule is c1cc(C2=NC3(CCCCC3)ON2)ccn1. The summed E-state index contributed by atoms with van der Waals surface area (Å²) in [6.07, 6.45) is 9.29. The molecule has 2 aliphatic rings. The molecule has 1 aromatic heterocycles. The Hall–Kier alpha value is -1.42. The van der Waals surface area contributed by atoms with Gasteiger partial charge in [-0.15, -0.1) is 0 Å². The van der Waals surface area contributed by atoms with E-state index in [1.54, 1.807) is 12.4 Å². The van der Waals surface area contributed by atoms with Crippen LogP contribution in [0.15, 0.2) is 29.5 Å². The fourth-order valence-electron chi connectivity index (χ4n) is 2.34. The number of nitrogens with one attached hydrogen (secondary N) is 1. The van der Waals surface area contributed by atoms with E-state index in [1.807, 2.05) is 12.1 Å². The molecule has 0 atom stereocenters. The monoisotopic (exact) mass is 217 g/mol. The molecule has 2 heterocycles. The second-order valence-corrected chi connectivity index (χ2v) is 4.41. The van der Waals surface area contributed by atoms with Gasteiger partial charge in [0.05, 0.1) is 0 Å². The molecule has 0 unspecified atom stereocenters. The van der Waals surface area contributed by atoms with Crippen molar-refractivity contribution in [1.29, 1.82) is 0 Å². The van der Waals surface area contributed by atoms with Crippen LogP contribution in [0.1, 0.15) is 37.7 Å². The number of hydrogen-bond donors (Lipinski definition) is 1. The minimum Gasteiger partial charge on any atom is -0.265 e. The van der Waals surface area contributed by atoms with E-state index >= 15 is 0 Å². The van der Waals surface area contributed by atoms with E-state index in [0.717, 1.165) is 24.2 Å². The Morgan fingerprint density at radius 1 is 1.12 bits per heavy atom. The van der Waals surface area contributed by atoms with Crippen molar-refractivity contribution in [3.8, 4) is 0 Å². The fraction of sp³-hybridized carbons (Fsp3) is 0.500. The molecule has 84 valence electrons. The van der Waals surface area contributed by atoms with Gasteiger partial charge in [-0.1, -0.05) is 6.42 Å². The second-order valence-electron chi connectivity index (χ2n) is 4.41. The largest absolute Gasteiger partial charge is 0.265 e. The molecule has 4 heteroatoms. The lowest BCUT2D eigenvalue weighted by Crippen LogP contribution is -2.32. The van der Waals surface area contributed by atoms with Crippen LogP contribution in [-0.2, 0) is 4.84 Å². The van der Waals surface area contributed by atoms with Gasteiger partial charge in [0, 0.05) is 18.0 Å². The van der Waals surface area contributed by atoms with Gasteiger partial charge in [0.1, 0.15) is 0 Å². The van der Waals surface area contributed by atoms with Crippen LogP contribution in [0.25, 0.3) is 0 Å². The lowest BCUT2D eigenvalue weighted by atomic mass is 9.92. The molecule has 4 nitrogen and oxygen atoms in total. The van der Waals surface area contributed by atoms with E-state index in [9.17, 15) is 0 Å². The van der Waals surface area contributed by atoms with Gasteiger partial charge in [-0.2, -0.15) is 0 Å². The van der Waals surface area contributed by atoms with Gasteiger partial charge in [0.15, 0.2) is 11.6 Å². The summed E-state index contributed by atoms with van der Waals surface area (Å²) in [5.41, 5.74) is 3.70. The van der Waals surface area contributed by atoms with Gasteiger partial charge in [0.2, 0.25) is 0 Å².